The van der Waals surface area contributed by atoms with Gasteiger partial charge in [0.15, 0.2) is 0 Å². The van der Waals surface area contributed by atoms with Crippen LogP contribution in [0.3, 0.4) is 0 Å². The van der Waals surface area contributed by atoms with Crippen LogP contribution in [-0.2, 0) is 5.41 Å². The van der Waals surface area contributed by atoms with Crippen LogP contribution in [0.25, 0.3) is 0 Å². The Morgan fingerprint density at radius 3 is 2.60 bits per heavy atom. The minimum atomic E-state index is -0.192. The van der Waals surface area contributed by atoms with E-state index in [-0.39, 0.29) is 11.2 Å². The molecule has 1 nitrogen and oxygen atoms in total. The average molecular weight is 298 g/mol. The predicted molar refractivity (Wildman–Crippen MR) is 83.8 cm³/mol. The molecule has 0 saturated heterocycles. The van der Waals surface area contributed by atoms with Crippen LogP contribution in [0.15, 0.2) is 18.2 Å². The lowest BCUT2D eigenvalue weighted by Gasteiger charge is -2.44. The number of hydrogen-bond acceptors (Lipinski definition) is 1. The van der Waals surface area contributed by atoms with E-state index in [1.807, 2.05) is 13.1 Å². The highest BCUT2D eigenvalue weighted by Gasteiger charge is 2.40. The zero-order chi connectivity index (χ0) is 14.9. The van der Waals surface area contributed by atoms with Crippen LogP contribution in [0.2, 0.25) is 5.02 Å². The van der Waals surface area contributed by atoms with Crippen molar-refractivity contribution in [2.45, 2.75) is 51.5 Å². The van der Waals surface area contributed by atoms with E-state index >= 15 is 0 Å². The van der Waals surface area contributed by atoms with Gasteiger partial charge in [-0.15, -0.1) is 0 Å². The van der Waals surface area contributed by atoms with Gasteiger partial charge in [0.1, 0.15) is 5.82 Å². The first-order chi connectivity index (χ1) is 9.36. The fourth-order valence-electron chi connectivity index (χ4n) is 3.78. The van der Waals surface area contributed by atoms with Gasteiger partial charge in [0.25, 0.3) is 0 Å². The van der Waals surface area contributed by atoms with Crippen LogP contribution in [0.1, 0.15) is 45.6 Å². The smallest absolute Gasteiger partial charge is 0.128 e. The van der Waals surface area contributed by atoms with Gasteiger partial charge in [-0.3, -0.25) is 0 Å². The molecule has 3 unspecified atom stereocenters. The second-order valence-corrected chi connectivity index (χ2v) is 7.20. The number of halogens is 2. The minimum absolute atomic E-state index is 0.184. The zero-order valence-electron chi connectivity index (χ0n) is 12.8. The summed E-state index contributed by atoms with van der Waals surface area (Å²) in [6.45, 7) is 6.62. The first kappa shape index (κ1) is 15.8. The molecule has 0 spiro atoms. The first-order valence-electron chi connectivity index (χ1n) is 7.49. The molecule has 1 aliphatic carbocycles. The lowest BCUT2D eigenvalue weighted by atomic mass is 9.63. The lowest BCUT2D eigenvalue weighted by molar-refractivity contribution is 0.149. The Morgan fingerprint density at radius 2 is 2.00 bits per heavy atom. The van der Waals surface area contributed by atoms with Gasteiger partial charge in [-0.2, -0.15) is 0 Å². The van der Waals surface area contributed by atoms with Crippen LogP contribution < -0.4 is 5.32 Å². The Bertz CT molecular complexity index is 472. The summed E-state index contributed by atoms with van der Waals surface area (Å²) >= 11 is 5.88. The van der Waals surface area contributed by atoms with E-state index in [0.29, 0.717) is 17.0 Å². The number of nitrogens with one attached hydrogen (secondary N) is 1. The van der Waals surface area contributed by atoms with Crippen LogP contribution in [0.4, 0.5) is 4.39 Å². The Kier molecular flexibility index (Phi) is 4.76. The Hall–Kier alpha value is -0.600. The van der Waals surface area contributed by atoms with E-state index < -0.39 is 0 Å². The largest absolute Gasteiger partial charge is 0.317 e. The normalized spacial score (nSPS) is 27.6. The molecule has 0 heterocycles. The fraction of sp³-hybridized carbons (Fsp3) is 0.647. The van der Waals surface area contributed by atoms with Gasteiger partial charge >= 0.3 is 0 Å². The molecule has 0 bridgehead atoms. The lowest BCUT2D eigenvalue weighted by Crippen LogP contribution is -2.47. The summed E-state index contributed by atoms with van der Waals surface area (Å²) in [4.78, 5) is 0. The quantitative estimate of drug-likeness (QED) is 0.846. The molecule has 112 valence electrons. The second kappa shape index (κ2) is 6.03. The molecule has 1 aromatic carbocycles. The Labute approximate surface area is 126 Å². The third-order valence-corrected chi connectivity index (χ3v) is 5.27. The Morgan fingerprint density at radius 1 is 1.30 bits per heavy atom. The summed E-state index contributed by atoms with van der Waals surface area (Å²) < 4.78 is 14.3. The maximum Gasteiger partial charge on any atom is 0.128 e. The van der Waals surface area contributed by atoms with E-state index in [9.17, 15) is 4.39 Å². The molecule has 3 atom stereocenters. The molecule has 2 rings (SSSR count). The SMILES string of the molecule is CNC1CC(C)CCC1C(C)(C)c1ccc(Cl)cc1F. The summed E-state index contributed by atoms with van der Waals surface area (Å²) in [5.41, 5.74) is 0.587. The van der Waals surface area contributed by atoms with Gasteiger partial charge in [-0.25, -0.2) is 4.39 Å². The van der Waals surface area contributed by atoms with Crippen LogP contribution in [-0.4, -0.2) is 13.1 Å². The standard InChI is InChI=1S/C17H25ClFN/c1-11-5-7-14(16(9-11)20-4)17(2,3)13-8-6-12(18)10-15(13)19/h6,8,10-11,14,16,20H,5,7,9H2,1-4H3. The maximum absolute atomic E-state index is 14.3. The summed E-state index contributed by atoms with van der Waals surface area (Å²) in [7, 11) is 2.02. The third kappa shape index (κ3) is 3.01. The molecule has 1 fully saturated rings. The van der Waals surface area contributed by atoms with E-state index in [4.69, 9.17) is 11.6 Å². The first-order valence-corrected chi connectivity index (χ1v) is 7.86. The molecular weight excluding hydrogens is 273 g/mol. The number of benzene rings is 1. The Balaban J connectivity index is 2.32. The predicted octanol–water partition coefficient (Wildman–Crippen LogP) is 4.78. The van der Waals surface area contributed by atoms with E-state index in [1.54, 1.807) is 6.07 Å². The molecule has 1 aromatic rings. The van der Waals surface area contributed by atoms with Gasteiger partial charge in [0.05, 0.1) is 0 Å². The van der Waals surface area contributed by atoms with E-state index in [2.05, 4.69) is 26.1 Å². The molecule has 20 heavy (non-hydrogen) atoms. The molecule has 0 aliphatic heterocycles. The van der Waals surface area contributed by atoms with Gasteiger partial charge in [-0.05, 0) is 54.8 Å². The summed E-state index contributed by atoms with van der Waals surface area (Å²) in [5, 5.41) is 3.91. The summed E-state index contributed by atoms with van der Waals surface area (Å²) in [6.07, 6.45) is 3.53. The van der Waals surface area contributed by atoms with Gasteiger partial charge in [-0.1, -0.05) is 44.9 Å². The monoisotopic (exact) mass is 297 g/mol. The van der Waals surface area contributed by atoms with Crippen molar-refractivity contribution in [3.05, 3.63) is 34.6 Å². The maximum atomic E-state index is 14.3. The fourth-order valence-corrected chi connectivity index (χ4v) is 3.93. The van der Waals surface area contributed by atoms with Crippen molar-refractivity contribution in [1.82, 2.24) is 5.32 Å². The molecule has 1 N–H and O–H groups in total. The average Bonchev–Trinajstić information content (AvgIpc) is 2.37. The van der Waals surface area contributed by atoms with E-state index in [0.717, 1.165) is 17.9 Å². The summed E-state index contributed by atoms with van der Waals surface area (Å²) in [5.74, 6) is 1.00. The highest BCUT2D eigenvalue weighted by molar-refractivity contribution is 6.30. The van der Waals surface area contributed by atoms with Crippen LogP contribution in [0, 0.1) is 17.7 Å². The van der Waals surface area contributed by atoms with Crippen molar-refractivity contribution in [2.24, 2.45) is 11.8 Å². The van der Waals surface area contributed by atoms with Crippen LogP contribution in [0.5, 0.6) is 0 Å². The van der Waals surface area contributed by atoms with Crippen molar-refractivity contribution in [2.75, 3.05) is 7.05 Å². The van der Waals surface area contributed by atoms with Gasteiger partial charge in [0, 0.05) is 11.1 Å². The zero-order valence-corrected chi connectivity index (χ0v) is 13.6. The van der Waals surface area contributed by atoms with Crippen molar-refractivity contribution in [3.8, 4) is 0 Å². The molecule has 0 amide bonds. The molecule has 1 saturated carbocycles. The van der Waals surface area contributed by atoms with Gasteiger partial charge in [0.2, 0.25) is 0 Å². The highest BCUT2D eigenvalue weighted by atomic mass is 35.5. The van der Waals surface area contributed by atoms with Crippen molar-refractivity contribution in [1.29, 1.82) is 0 Å². The van der Waals surface area contributed by atoms with E-state index in [1.165, 1.54) is 18.9 Å². The van der Waals surface area contributed by atoms with Crippen molar-refractivity contribution < 1.29 is 4.39 Å². The molecule has 3 heteroatoms. The molecule has 0 radical (unpaired) electrons. The van der Waals surface area contributed by atoms with Gasteiger partial charge < -0.3 is 5.32 Å². The molecule has 1 aliphatic rings. The summed E-state index contributed by atoms with van der Waals surface area (Å²) in [6, 6.07) is 5.52. The molecular formula is C17H25ClFN. The van der Waals surface area contributed by atoms with Crippen molar-refractivity contribution >= 4 is 11.6 Å². The second-order valence-electron chi connectivity index (χ2n) is 6.77. The highest BCUT2D eigenvalue weighted by Crippen LogP contribution is 2.43. The molecule has 0 aromatic heterocycles. The van der Waals surface area contributed by atoms with Crippen molar-refractivity contribution in [3.63, 3.8) is 0 Å². The third-order valence-electron chi connectivity index (χ3n) is 5.04. The number of hydrogen-bond donors (Lipinski definition) is 1. The van der Waals surface area contributed by atoms with Crippen LogP contribution >= 0.6 is 11.6 Å². The number of rotatable bonds is 3. The minimum Gasteiger partial charge on any atom is -0.317 e. The topological polar surface area (TPSA) is 12.0 Å².